The fraction of sp³-hybridized carbons (Fsp3) is 0.267. The number of carbonyl (C=O) groups is 3. The Morgan fingerprint density at radius 2 is 1.92 bits per heavy atom. The maximum absolute atomic E-state index is 11.5. The first-order valence-electron chi connectivity index (χ1n) is 6.61. The third kappa shape index (κ3) is 10.0. The molecular formula is C15H19NNa2O7. The second-order valence-corrected chi connectivity index (χ2v) is 4.54. The molecule has 0 spiro atoms. The van der Waals surface area contributed by atoms with E-state index in [1.807, 2.05) is 0 Å². The Bertz CT molecular complexity index is 634. The number of hydrogen-bond donors (Lipinski definition) is 3. The standard InChI is InChI=1S/C15H17NO7.2Na.2H/c1-22-12-8-9(2-5-11(12)17)3-6-13(18)23-14(19)7-4-10(16)15(20)21;;;;/h2-3,5-6,8,10,17H,4,7,16H2,1H3,(H,20,21);;;;/t10-;;;;/m0..../s1. The van der Waals surface area contributed by atoms with Gasteiger partial charge >= 0.3 is 77.0 Å². The summed E-state index contributed by atoms with van der Waals surface area (Å²) in [7, 11) is 1.39. The van der Waals surface area contributed by atoms with Gasteiger partial charge in [0.15, 0.2) is 11.5 Å². The van der Waals surface area contributed by atoms with Crippen LogP contribution in [0.1, 0.15) is 18.4 Å². The molecule has 1 aromatic carbocycles. The zero-order chi connectivity index (χ0) is 17.4. The van der Waals surface area contributed by atoms with Gasteiger partial charge in [-0.25, -0.2) is 4.79 Å². The quantitative estimate of drug-likeness (QED) is 0.250. The molecule has 0 aliphatic carbocycles. The van der Waals surface area contributed by atoms with Crippen molar-refractivity contribution in [2.45, 2.75) is 18.9 Å². The van der Waals surface area contributed by atoms with E-state index in [0.717, 1.165) is 6.08 Å². The van der Waals surface area contributed by atoms with Crippen molar-refractivity contribution in [3.05, 3.63) is 29.8 Å². The molecule has 0 amide bonds. The molecule has 128 valence electrons. The molecule has 0 fully saturated rings. The van der Waals surface area contributed by atoms with Crippen molar-refractivity contribution in [2.24, 2.45) is 5.73 Å². The van der Waals surface area contributed by atoms with Crippen LogP contribution >= 0.6 is 0 Å². The number of methoxy groups -OCH3 is 1. The summed E-state index contributed by atoms with van der Waals surface area (Å²) in [6, 6.07) is 3.24. The summed E-state index contributed by atoms with van der Waals surface area (Å²) < 4.78 is 9.41. The first kappa shape index (κ1) is 26.4. The molecule has 1 atom stereocenters. The SMILES string of the molecule is COc1cc(C=CC(=O)OC(=O)CC[C@H](N)C(=O)O)ccc1O.[NaH].[NaH]. The molecule has 0 saturated carbocycles. The van der Waals surface area contributed by atoms with Crippen LogP contribution in [0.2, 0.25) is 0 Å². The second kappa shape index (κ2) is 13.3. The monoisotopic (exact) mass is 371 g/mol. The Labute approximate surface area is 188 Å². The van der Waals surface area contributed by atoms with E-state index in [1.165, 1.54) is 31.4 Å². The number of carbonyl (C=O) groups excluding carboxylic acids is 2. The van der Waals surface area contributed by atoms with Crippen LogP contribution in [-0.2, 0) is 19.1 Å². The summed E-state index contributed by atoms with van der Waals surface area (Å²) in [5.41, 5.74) is 5.78. The van der Waals surface area contributed by atoms with E-state index >= 15 is 0 Å². The van der Waals surface area contributed by atoms with Gasteiger partial charge in [0.25, 0.3) is 0 Å². The molecule has 0 aliphatic rings. The summed E-state index contributed by atoms with van der Waals surface area (Å²) in [6.45, 7) is 0. The molecule has 25 heavy (non-hydrogen) atoms. The molecule has 0 aliphatic heterocycles. The summed E-state index contributed by atoms with van der Waals surface area (Å²) in [5.74, 6) is -2.80. The van der Waals surface area contributed by atoms with E-state index in [-0.39, 0.29) is 83.5 Å². The molecule has 1 aromatic rings. The van der Waals surface area contributed by atoms with Crippen molar-refractivity contribution in [3.63, 3.8) is 0 Å². The van der Waals surface area contributed by atoms with Gasteiger partial charge in [-0.2, -0.15) is 0 Å². The number of aliphatic carboxylic acids is 1. The molecule has 0 unspecified atom stereocenters. The van der Waals surface area contributed by atoms with Crippen molar-refractivity contribution < 1.29 is 34.1 Å². The van der Waals surface area contributed by atoms with Gasteiger partial charge in [0.05, 0.1) is 7.11 Å². The Hall–Kier alpha value is -0.870. The summed E-state index contributed by atoms with van der Waals surface area (Å²) in [4.78, 5) is 33.3. The first-order chi connectivity index (χ1) is 10.8. The summed E-state index contributed by atoms with van der Waals surface area (Å²) in [6.07, 6.45) is 2.00. The molecule has 10 heteroatoms. The summed E-state index contributed by atoms with van der Waals surface area (Å²) >= 11 is 0. The topological polar surface area (TPSA) is 136 Å². The maximum atomic E-state index is 11.5. The van der Waals surface area contributed by atoms with Gasteiger partial charge < -0.3 is 25.4 Å². The molecule has 0 saturated heterocycles. The Kier molecular flexibility index (Phi) is 14.1. The number of rotatable bonds is 7. The number of carboxylic acid groups (broad SMARTS) is 1. The van der Waals surface area contributed by atoms with E-state index < -0.39 is 23.9 Å². The fourth-order valence-electron chi connectivity index (χ4n) is 1.56. The van der Waals surface area contributed by atoms with Gasteiger partial charge in [0.2, 0.25) is 0 Å². The third-order valence-corrected chi connectivity index (χ3v) is 2.81. The van der Waals surface area contributed by atoms with Crippen molar-refractivity contribution in [1.29, 1.82) is 0 Å². The fourth-order valence-corrected chi connectivity index (χ4v) is 1.56. The Morgan fingerprint density at radius 1 is 1.28 bits per heavy atom. The van der Waals surface area contributed by atoms with Crippen LogP contribution < -0.4 is 10.5 Å². The molecule has 0 radical (unpaired) electrons. The van der Waals surface area contributed by atoms with Gasteiger partial charge in [-0.05, 0) is 30.2 Å². The van der Waals surface area contributed by atoms with Gasteiger partial charge in [0.1, 0.15) is 6.04 Å². The average molecular weight is 371 g/mol. The molecular weight excluding hydrogens is 352 g/mol. The Morgan fingerprint density at radius 3 is 2.48 bits per heavy atom. The number of benzene rings is 1. The predicted octanol–water partition coefficient (Wildman–Crippen LogP) is -0.621. The molecule has 0 aromatic heterocycles. The first-order valence-corrected chi connectivity index (χ1v) is 6.61. The Balaban J connectivity index is 0. The molecule has 4 N–H and O–H groups in total. The number of carboxylic acids is 1. The minimum atomic E-state index is -1.23. The number of nitrogens with two attached hydrogens (primary N) is 1. The van der Waals surface area contributed by atoms with Crippen molar-refractivity contribution >= 4 is 83.1 Å². The van der Waals surface area contributed by atoms with E-state index in [0.29, 0.717) is 5.56 Å². The van der Waals surface area contributed by atoms with Gasteiger partial charge in [-0.3, -0.25) is 9.59 Å². The van der Waals surface area contributed by atoms with Crippen molar-refractivity contribution in [2.75, 3.05) is 7.11 Å². The molecule has 8 nitrogen and oxygen atoms in total. The van der Waals surface area contributed by atoms with Crippen LogP contribution in [0.25, 0.3) is 6.08 Å². The second-order valence-electron chi connectivity index (χ2n) is 4.54. The van der Waals surface area contributed by atoms with Crippen LogP contribution in [0, 0.1) is 0 Å². The van der Waals surface area contributed by atoms with Crippen molar-refractivity contribution in [1.82, 2.24) is 0 Å². The van der Waals surface area contributed by atoms with Gasteiger partial charge in [0, 0.05) is 12.5 Å². The number of esters is 2. The van der Waals surface area contributed by atoms with Crippen LogP contribution in [0.3, 0.4) is 0 Å². The van der Waals surface area contributed by atoms with E-state index in [9.17, 15) is 19.5 Å². The van der Waals surface area contributed by atoms with E-state index in [2.05, 4.69) is 4.74 Å². The molecule has 0 bridgehead atoms. The van der Waals surface area contributed by atoms with Gasteiger partial charge in [-0.15, -0.1) is 0 Å². The van der Waals surface area contributed by atoms with Gasteiger partial charge in [-0.1, -0.05) is 6.07 Å². The van der Waals surface area contributed by atoms with E-state index in [1.54, 1.807) is 0 Å². The van der Waals surface area contributed by atoms with Crippen LogP contribution in [0.4, 0.5) is 0 Å². The van der Waals surface area contributed by atoms with E-state index in [4.69, 9.17) is 15.6 Å². The van der Waals surface area contributed by atoms with Crippen LogP contribution in [0.15, 0.2) is 24.3 Å². The average Bonchev–Trinajstić information content (AvgIpc) is 2.51. The zero-order valence-electron chi connectivity index (χ0n) is 12.4. The zero-order valence-corrected chi connectivity index (χ0v) is 12.4. The molecule has 1 rings (SSSR count). The molecule has 0 heterocycles. The third-order valence-electron chi connectivity index (χ3n) is 2.81. The number of ether oxygens (including phenoxy) is 2. The number of aromatic hydroxyl groups is 1. The van der Waals surface area contributed by atoms with Crippen molar-refractivity contribution in [3.8, 4) is 11.5 Å². The predicted molar refractivity (Wildman–Crippen MR) is 93.9 cm³/mol. The number of phenols is 1. The van der Waals surface area contributed by atoms with Crippen LogP contribution in [-0.4, -0.2) is 100 Å². The minimum absolute atomic E-state index is 0. The van der Waals surface area contributed by atoms with Crippen LogP contribution in [0.5, 0.6) is 11.5 Å². The summed E-state index contributed by atoms with van der Waals surface area (Å²) in [5, 5.41) is 18.0. The normalized spacial score (nSPS) is 11.0. The number of phenolic OH excluding ortho intramolecular Hbond substituents is 1. The number of hydrogen-bond acceptors (Lipinski definition) is 7.